The van der Waals surface area contributed by atoms with Crippen molar-refractivity contribution < 1.29 is 9.53 Å². The first-order valence-corrected chi connectivity index (χ1v) is 11.0. The molecule has 0 radical (unpaired) electrons. The third kappa shape index (κ3) is 5.58. The summed E-state index contributed by atoms with van der Waals surface area (Å²) in [7, 11) is 0. The molecule has 0 aromatic heterocycles. The van der Waals surface area contributed by atoms with Gasteiger partial charge < -0.3 is 20.3 Å². The molecular weight excluding hydrogens is 400 g/mol. The van der Waals surface area contributed by atoms with Crippen LogP contribution in [0.5, 0.6) is 5.75 Å². The summed E-state index contributed by atoms with van der Waals surface area (Å²) in [4.78, 5) is 17.0. The van der Waals surface area contributed by atoms with Gasteiger partial charge in [0.25, 0.3) is 0 Å². The molecule has 0 saturated carbocycles. The van der Waals surface area contributed by atoms with Crippen molar-refractivity contribution in [2.45, 2.75) is 18.9 Å². The van der Waals surface area contributed by atoms with Gasteiger partial charge in [-0.25, -0.2) is 4.79 Å². The predicted octanol–water partition coefficient (Wildman–Crippen LogP) is 3.16. The summed E-state index contributed by atoms with van der Waals surface area (Å²) in [6.45, 7) is 6.22. The molecule has 7 heteroatoms. The predicted molar refractivity (Wildman–Crippen MR) is 121 cm³/mol. The van der Waals surface area contributed by atoms with E-state index < -0.39 is 0 Å². The molecule has 1 atom stereocenters. The summed E-state index contributed by atoms with van der Waals surface area (Å²) < 4.78 is 5.73. The lowest BCUT2D eigenvalue weighted by Gasteiger charge is -2.36. The van der Waals surface area contributed by atoms with Crippen molar-refractivity contribution in [3.63, 3.8) is 0 Å². The van der Waals surface area contributed by atoms with E-state index in [1.54, 1.807) is 0 Å². The fourth-order valence-electron chi connectivity index (χ4n) is 4.06. The van der Waals surface area contributed by atoms with Crippen LogP contribution in [0, 0.1) is 0 Å². The second kappa shape index (κ2) is 10.0. The molecule has 2 aliphatic heterocycles. The average molecular weight is 429 g/mol. The highest BCUT2D eigenvalue weighted by atomic mass is 35.5. The number of piperazine rings is 1. The van der Waals surface area contributed by atoms with E-state index in [0.29, 0.717) is 13.2 Å². The number of carbonyl (C=O) groups is 1. The van der Waals surface area contributed by atoms with Crippen LogP contribution < -0.4 is 20.3 Å². The minimum absolute atomic E-state index is 0.0134. The first kappa shape index (κ1) is 20.8. The number of urea groups is 1. The fourth-order valence-corrected chi connectivity index (χ4v) is 4.25. The molecule has 0 spiro atoms. The topological polar surface area (TPSA) is 56.8 Å². The lowest BCUT2D eigenvalue weighted by molar-refractivity contribution is 0.213. The monoisotopic (exact) mass is 428 g/mol. The van der Waals surface area contributed by atoms with Crippen LogP contribution in [0.3, 0.4) is 0 Å². The first-order valence-electron chi connectivity index (χ1n) is 10.7. The third-order valence-electron chi connectivity index (χ3n) is 5.70. The fraction of sp³-hybridized carbons (Fsp3) is 0.435. The van der Waals surface area contributed by atoms with Crippen molar-refractivity contribution in [2.75, 3.05) is 50.8 Å². The standard InChI is InChI=1S/C23H29ClN4O2/c24-19-6-3-7-21(16-19)28-13-11-27(12-14-28)10-4-9-25-23(29)26-20-15-18-5-1-2-8-22(18)30-17-20/h1-3,5-8,16,20H,4,9-15,17H2,(H2,25,26,29)/t20-/m1/s1. The molecule has 30 heavy (non-hydrogen) atoms. The second-order valence-corrected chi connectivity index (χ2v) is 8.32. The summed E-state index contributed by atoms with van der Waals surface area (Å²) in [5, 5.41) is 6.78. The largest absolute Gasteiger partial charge is 0.491 e. The maximum Gasteiger partial charge on any atom is 0.315 e. The zero-order valence-electron chi connectivity index (χ0n) is 17.1. The minimum atomic E-state index is -0.117. The lowest BCUT2D eigenvalue weighted by atomic mass is 10.0. The number of nitrogens with zero attached hydrogens (tertiary/aromatic N) is 2. The maximum absolute atomic E-state index is 12.2. The number of hydrogen-bond donors (Lipinski definition) is 2. The molecular formula is C23H29ClN4O2. The van der Waals surface area contributed by atoms with Crippen molar-refractivity contribution >= 4 is 23.3 Å². The van der Waals surface area contributed by atoms with Crippen molar-refractivity contribution in [3.05, 3.63) is 59.1 Å². The first-order chi connectivity index (χ1) is 14.7. The molecule has 160 valence electrons. The number of benzene rings is 2. The van der Waals surface area contributed by atoms with E-state index in [9.17, 15) is 4.79 Å². The number of hydrogen-bond acceptors (Lipinski definition) is 4. The van der Waals surface area contributed by atoms with Crippen LogP contribution >= 0.6 is 11.6 Å². The highest BCUT2D eigenvalue weighted by Crippen LogP contribution is 2.24. The van der Waals surface area contributed by atoms with Crippen LogP contribution in [0.15, 0.2) is 48.5 Å². The van der Waals surface area contributed by atoms with Crippen LogP contribution in [-0.4, -0.2) is 62.8 Å². The van der Waals surface area contributed by atoms with Gasteiger partial charge in [-0.05, 0) is 49.2 Å². The summed E-state index contributed by atoms with van der Waals surface area (Å²) >= 11 is 6.10. The molecule has 2 heterocycles. The summed E-state index contributed by atoms with van der Waals surface area (Å²) in [5.41, 5.74) is 2.33. The van der Waals surface area contributed by atoms with Gasteiger partial charge in [0.1, 0.15) is 12.4 Å². The Balaban J connectivity index is 1.10. The summed E-state index contributed by atoms with van der Waals surface area (Å²) in [6, 6.07) is 15.9. The smallest absolute Gasteiger partial charge is 0.315 e. The Kier molecular flexibility index (Phi) is 6.97. The third-order valence-corrected chi connectivity index (χ3v) is 5.93. The zero-order chi connectivity index (χ0) is 20.8. The van der Waals surface area contributed by atoms with Crippen LogP contribution in [0.1, 0.15) is 12.0 Å². The number of anilines is 1. The van der Waals surface area contributed by atoms with Crippen molar-refractivity contribution in [2.24, 2.45) is 0 Å². The number of amides is 2. The normalized spacial score (nSPS) is 19.0. The molecule has 2 aromatic rings. The lowest BCUT2D eigenvalue weighted by Crippen LogP contribution is -2.48. The quantitative estimate of drug-likeness (QED) is 0.694. The van der Waals surface area contributed by atoms with Crippen LogP contribution in [-0.2, 0) is 6.42 Å². The van der Waals surface area contributed by atoms with Gasteiger partial charge in [-0.15, -0.1) is 0 Å². The molecule has 0 unspecified atom stereocenters. The molecule has 0 aliphatic carbocycles. The molecule has 6 nitrogen and oxygen atoms in total. The Morgan fingerprint density at radius 2 is 1.93 bits per heavy atom. The van der Waals surface area contributed by atoms with E-state index in [4.69, 9.17) is 16.3 Å². The molecule has 2 aromatic carbocycles. The molecule has 1 saturated heterocycles. The van der Waals surface area contributed by atoms with E-state index in [0.717, 1.165) is 61.9 Å². The minimum Gasteiger partial charge on any atom is -0.491 e. The van der Waals surface area contributed by atoms with E-state index in [-0.39, 0.29) is 12.1 Å². The Bertz CT molecular complexity index is 855. The Morgan fingerprint density at radius 3 is 2.77 bits per heavy atom. The van der Waals surface area contributed by atoms with Gasteiger partial charge >= 0.3 is 6.03 Å². The molecule has 2 aliphatic rings. The Hall–Kier alpha value is -2.44. The van der Waals surface area contributed by atoms with E-state index >= 15 is 0 Å². The molecule has 4 rings (SSSR count). The number of halogens is 1. The number of carbonyl (C=O) groups excluding carboxylic acids is 1. The number of nitrogens with one attached hydrogen (secondary N) is 2. The SMILES string of the molecule is O=C(NCCCN1CCN(c2cccc(Cl)c2)CC1)N[C@H]1COc2ccccc2C1. The highest BCUT2D eigenvalue weighted by Gasteiger charge is 2.21. The molecule has 2 amide bonds. The number of para-hydroxylation sites is 1. The van der Waals surface area contributed by atoms with Crippen molar-refractivity contribution in [3.8, 4) is 5.75 Å². The van der Waals surface area contributed by atoms with Gasteiger partial charge in [0.15, 0.2) is 0 Å². The van der Waals surface area contributed by atoms with Gasteiger partial charge in [-0.3, -0.25) is 4.90 Å². The van der Waals surface area contributed by atoms with Gasteiger partial charge in [-0.1, -0.05) is 35.9 Å². The maximum atomic E-state index is 12.2. The zero-order valence-corrected chi connectivity index (χ0v) is 17.9. The molecule has 0 bridgehead atoms. The average Bonchev–Trinajstić information content (AvgIpc) is 2.77. The van der Waals surface area contributed by atoms with E-state index in [1.807, 2.05) is 42.5 Å². The van der Waals surface area contributed by atoms with Crippen LogP contribution in [0.4, 0.5) is 10.5 Å². The van der Waals surface area contributed by atoms with Gasteiger partial charge in [0.05, 0.1) is 6.04 Å². The highest BCUT2D eigenvalue weighted by molar-refractivity contribution is 6.30. The van der Waals surface area contributed by atoms with E-state index in [1.165, 1.54) is 5.69 Å². The summed E-state index contributed by atoms with van der Waals surface area (Å²) in [6.07, 6.45) is 1.75. The molecule has 2 N–H and O–H groups in total. The van der Waals surface area contributed by atoms with Crippen LogP contribution in [0.25, 0.3) is 0 Å². The van der Waals surface area contributed by atoms with Crippen LogP contribution in [0.2, 0.25) is 5.02 Å². The van der Waals surface area contributed by atoms with Crippen molar-refractivity contribution in [1.82, 2.24) is 15.5 Å². The van der Waals surface area contributed by atoms with Gasteiger partial charge in [-0.2, -0.15) is 0 Å². The Morgan fingerprint density at radius 1 is 1.10 bits per heavy atom. The number of fused-ring (bicyclic) bond motifs is 1. The molecule has 1 fully saturated rings. The number of rotatable bonds is 6. The van der Waals surface area contributed by atoms with Crippen molar-refractivity contribution in [1.29, 1.82) is 0 Å². The number of ether oxygens (including phenoxy) is 1. The van der Waals surface area contributed by atoms with E-state index in [2.05, 4.69) is 26.5 Å². The van der Waals surface area contributed by atoms with Gasteiger partial charge in [0.2, 0.25) is 0 Å². The second-order valence-electron chi connectivity index (χ2n) is 7.88. The summed E-state index contributed by atoms with van der Waals surface area (Å²) in [5.74, 6) is 0.923. The Labute approximate surface area is 183 Å². The van der Waals surface area contributed by atoms with Gasteiger partial charge in [0, 0.05) is 43.4 Å².